The van der Waals surface area contributed by atoms with E-state index in [4.69, 9.17) is 0 Å². The highest BCUT2D eigenvalue weighted by atomic mass is 32.2. The molecule has 3 nitrogen and oxygen atoms in total. The zero-order valence-electron chi connectivity index (χ0n) is 8.33. The van der Waals surface area contributed by atoms with Crippen molar-refractivity contribution in [3.8, 4) is 0 Å². The SMILES string of the molecule is C[C@H]1CNS(=O)(=O)c2cc(F)ccc2C1. The molecule has 1 atom stereocenters. The van der Waals surface area contributed by atoms with Gasteiger partial charge in [0.15, 0.2) is 0 Å². The fourth-order valence-corrected chi connectivity index (χ4v) is 3.15. The van der Waals surface area contributed by atoms with Crippen LogP contribution in [0.1, 0.15) is 12.5 Å². The zero-order valence-corrected chi connectivity index (χ0v) is 9.14. The summed E-state index contributed by atoms with van der Waals surface area (Å²) < 4.78 is 38.9. The van der Waals surface area contributed by atoms with Crippen LogP contribution in [0.2, 0.25) is 0 Å². The fraction of sp³-hybridized carbons (Fsp3) is 0.400. The Morgan fingerprint density at radius 1 is 1.47 bits per heavy atom. The summed E-state index contributed by atoms with van der Waals surface area (Å²) in [5.41, 5.74) is 0.689. The van der Waals surface area contributed by atoms with Gasteiger partial charge in [-0.2, -0.15) is 0 Å². The van der Waals surface area contributed by atoms with E-state index in [9.17, 15) is 12.8 Å². The van der Waals surface area contributed by atoms with Crippen molar-refractivity contribution in [2.45, 2.75) is 18.2 Å². The van der Waals surface area contributed by atoms with Crippen molar-refractivity contribution < 1.29 is 12.8 Å². The van der Waals surface area contributed by atoms with Crippen LogP contribution in [0, 0.1) is 11.7 Å². The molecule has 82 valence electrons. The smallest absolute Gasteiger partial charge is 0.211 e. The summed E-state index contributed by atoms with van der Waals surface area (Å²) in [5.74, 6) is -0.292. The second kappa shape index (κ2) is 3.57. The van der Waals surface area contributed by atoms with Gasteiger partial charge in [0.25, 0.3) is 0 Å². The van der Waals surface area contributed by atoms with E-state index >= 15 is 0 Å². The van der Waals surface area contributed by atoms with E-state index in [1.807, 2.05) is 6.92 Å². The Bertz CT molecular complexity index is 484. The Balaban J connectivity index is 2.61. The fourth-order valence-electron chi connectivity index (χ4n) is 1.72. The summed E-state index contributed by atoms with van der Waals surface area (Å²) in [6.07, 6.45) is 0.655. The Morgan fingerprint density at radius 2 is 2.20 bits per heavy atom. The number of sulfonamides is 1. The van der Waals surface area contributed by atoms with Crippen LogP contribution in [0.4, 0.5) is 4.39 Å². The third kappa shape index (κ3) is 2.03. The first-order chi connectivity index (χ1) is 6.99. The summed E-state index contributed by atoms with van der Waals surface area (Å²) in [6, 6.07) is 3.92. The maximum atomic E-state index is 13.0. The van der Waals surface area contributed by atoms with Gasteiger partial charge in [-0.3, -0.25) is 0 Å². The highest BCUT2D eigenvalue weighted by Gasteiger charge is 2.24. The van der Waals surface area contributed by atoms with Gasteiger partial charge < -0.3 is 0 Å². The zero-order chi connectivity index (χ0) is 11.1. The number of rotatable bonds is 0. The number of fused-ring (bicyclic) bond motifs is 1. The van der Waals surface area contributed by atoms with Gasteiger partial charge in [-0.15, -0.1) is 0 Å². The van der Waals surface area contributed by atoms with E-state index in [-0.39, 0.29) is 10.8 Å². The van der Waals surface area contributed by atoms with Crippen LogP contribution in [-0.4, -0.2) is 15.0 Å². The molecule has 0 aliphatic carbocycles. The Hall–Kier alpha value is -0.940. The van der Waals surface area contributed by atoms with Gasteiger partial charge in [0, 0.05) is 6.54 Å². The summed E-state index contributed by atoms with van der Waals surface area (Å²) in [5, 5.41) is 0. The van der Waals surface area contributed by atoms with Gasteiger partial charge in [0.05, 0.1) is 4.90 Å². The van der Waals surface area contributed by atoms with Gasteiger partial charge in [0.2, 0.25) is 10.0 Å². The van der Waals surface area contributed by atoms with Crippen molar-refractivity contribution in [1.82, 2.24) is 4.72 Å². The summed E-state index contributed by atoms with van der Waals surface area (Å²) >= 11 is 0. The van der Waals surface area contributed by atoms with Crippen LogP contribution in [0.5, 0.6) is 0 Å². The average molecular weight is 229 g/mol. The number of halogens is 1. The molecule has 1 N–H and O–H groups in total. The van der Waals surface area contributed by atoms with E-state index in [1.165, 1.54) is 6.07 Å². The molecule has 5 heteroatoms. The van der Waals surface area contributed by atoms with Crippen LogP contribution >= 0.6 is 0 Å². The highest BCUT2D eigenvalue weighted by molar-refractivity contribution is 7.89. The summed E-state index contributed by atoms with van der Waals surface area (Å²) in [6.45, 7) is 2.36. The van der Waals surface area contributed by atoms with Crippen LogP contribution in [0.15, 0.2) is 23.1 Å². The van der Waals surface area contributed by atoms with Gasteiger partial charge in [0.1, 0.15) is 5.82 Å². The lowest BCUT2D eigenvalue weighted by atomic mass is 10.0. The highest BCUT2D eigenvalue weighted by Crippen LogP contribution is 2.23. The molecule has 0 unspecified atom stereocenters. The molecule has 0 radical (unpaired) electrons. The number of nitrogens with one attached hydrogen (secondary N) is 1. The van der Waals surface area contributed by atoms with Crippen LogP contribution in [-0.2, 0) is 16.4 Å². The van der Waals surface area contributed by atoms with Crippen LogP contribution in [0.3, 0.4) is 0 Å². The lowest BCUT2D eigenvalue weighted by Gasteiger charge is -2.05. The Kier molecular flexibility index (Phi) is 2.52. The van der Waals surface area contributed by atoms with E-state index in [0.717, 1.165) is 6.07 Å². The lowest BCUT2D eigenvalue weighted by Crippen LogP contribution is -2.26. The predicted octanol–water partition coefficient (Wildman–Crippen LogP) is 1.30. The molecule has 1 aliphatic rings. The number of hydrogen-bond acceptors (Lipinski definition) is 2. The van der Waals surface area contributed by atoms with Crippen molar-refractivity contribution in [3.05, 3.63) is 29.6 Å². The second-order valence-corrected chi connectivity index (χ2v) is 5.65. The first-order valence-electron chi connectivity index (χ1n) is 4.77. The monoisotopic (exact) mass is 229 g/mol. The first kappa shape index (κ1) is 10.6. The Morgan fingerprint density at radius 3 is 2.93 bits per heavy atom. The van der Waals surface area contributed by atoms with E-state index in [2.05, 4.69) is 4.72 Å². The van der Waals surface area contributed by atoms with Crippen molar-refractivity contribution in [1.29, 1.82) is 0 Å². The number of benzene rings is 1. The molecule has 0 aromatic heterocycles. The standard InChI is InChI=1S/C10H12FNO2S/c1-7-4-8-2-3-9(11)5-10(8)15(13,14)12-6-7/h2-3,5,7,12H,4,6H2,1H3/t7-/m1/s1. The molecule has 0 amide bonds. The Labute approximate surface area is 88.4 Å². The van der Waals surface area contributed by atoms with Gasteiger partial charge in [-0.05, 0) is 30.0 Å². The van der Waals surface area contributed by atoms with E-state index in [0.29, 0.717) is 18.5 Å². The minimum atomic E-state index is -3.52. The lowest BCUT2D eigenvalue weighted by molar-refractivity contribution is 0.552. The third-order valence-electron chi connectivity index (χ3n) is 2.51. The molecule has 2 rings (SSSR count). The van der Waals surface area contributed by atoms with Gasteiger partial charge >= 0.3 is 0 Å². The molecule has 0 bridgehead atoms. The average Bonchev–Trinajstić information content (AvgIpc) is 2.27. The molecule has 1 aromatic carbocycles. The molecule has 0 spiro atoms. The van der Waals surface area contributed by atoms with Crippen molar-refractivity contribution >= 4 is 10.0 Å². The topological polar surface area (TPSA) is 46.2 Å². The van der Waals surface area contributed by atoms with E-state index in [1.54, 1.807) is 6.07 Å². The van der Waals surface area contributed by atoms with Gasteiger partial charge in [-0.25, -0.2) is 17.5 Å². The van der Waals surface area contributed by atoms with Crippen LogP contribution in [0.25, 0.3) is 0 Å². The van der Waals surface area contributed by atoms with Crippen LogP contribution < -0.4 is 4.72 Å². The summed E-state index contributed by atoms with van der Waals surface area (Å²) in [4.78, 5) is 0.0758. The van der Waals surface area contributed by atoms with Gasteiger partial charge in [-0.1, -0.05) is 13.0 Å². The van der Waals surface area contributed by atoms with Crippen molar-refractivity contribution in [3.63, 3.8) is 0 Å². The minimum Gasteiger partial charge on any atom is -0.211 e. The number of hydrogen-bond donors (Lipinski definition) is 1. The summed E-state index contributed by atoms with van der Waals surface area (Å²) in [7, 11) is -3.52. The minimum absolute atomic E-state index is 0.0758. The van der Waals surface area contributed by atoms with E-state index < -0.39 is 15.8 Å². The molecule has 0 saturated carbocycles. The quantitative estimate of drug-likeness (QED) is 0.728. The normalized spacial score (nSPS) is 24.3. The molecule has 0 fully saturated rings. The molecule has 1 heterocycles. The molecule has 15 heavy (non-hydrogen) atoms. The molecular formula is C10H12FNO2S. The third-order valence-corrected chi connectivity index (χ3v) is 4.01. The van der Waals surface area contributed by atoms with Crippen molar-refractivity contribution in [2.24, 2.45) is 5.92 Å². The maximum Gasteiger partial charge on any atom is 0.240 e. The molecular weight excluding hydrogens is 217 g/mol. The maximum absolute atomic E-state index is 13.0. The molecule has 0 saturated heterocycles. The largest absolute Gasteiger partial charge is 0.240 e. The first-order valence-corrected chi connectivity index (χ1v) is 6.25. The molecule has 1 aromatic rings. The molecule has 1 aliphatic heterocycles. The predicted molar refractivity (Wildman–Crippen MR) is 54.5 cm³/mol. The van der Waals surface area contributed by atoms with Crippen molar-refractivity contribution in [2.75, 3.05) is 6.54 Å². The second-order valence-electron chi connectivity index (χ2n) is 3.91.